The average Bonchev–Trinajstić information content (AvgIpc) is 2.82. The van der Waals surface area contributed by atoms with Crippen LogP contribution in [-0.2, 0) is 9.53 Å². The van der Waals surface area contributed by atoms with Crippen molar-refractivity contribution in [2.75, 3.05) is 26.2 Å². The van der Waals surface area contributed by atoms with Crippen LogP contribution in [0.15, 0.2) is 4.52 Å². The van der Waals surface area contributed by atoms with E-state index < -0.39 is 24.7 Å². The van der Waals surface area contributed by atoms with Crippen LogP contribution in [0.2, 0.25) is 0 Å². The molecule has 0 saturated carbocycles. The fourth-order valence-electron chi connectivity index (χ4n) is 2.21. The maximum atomic E-state index is 12.1. The van der Waals surface area contributed by atoms with E-state index in [0.717, 1.165) is 0 Å². The molecule has 0 aliphatic carbocycles. The van der Waals surface area contributed by atoms with Gasteiger partial charge in [0, 0.05) is 13.1 Å². The van der Waals surface area contributed by atoms with Gasteiger partial charge in [0.05, 0.1) is 12.6 Å². The summed E-state index contributed by atoms with van der Waals surface area (Å²) in [5, 5.41) is 5.52. The number of nitrogens with zero attached hydrogens (tertiary/aromatic N) is 3. The Morgan fingerprint density at radius 3 is 2.77 bits per heavy atom. The number of carbonyl (C=O) groups is 1. The highest BCUT2D eigenvalue weighted by Gasteiger charge is 2.32. The highest BCUT2D eigenvalue weighted by Crippen LogP contribution is 2.23. The maximum Gasteiger partial charge on any atom is 0.405 e. The van der Waals surface area contributed by atoms with Gasteiger partial charge in [-0.25, -0.2) is 0 Å². The zero-order valence-electron chi connectivity index (χ0n) is 12.2. The molecule has 1 amide bonds. The van der Waals surface area contributed by atoms with E-state index in [0.29, 0.717) is 24.8 Å². The third-order valence-electron chi connectivity index (χ3n) is 3.01. The first-order chi connectivity index (χ1) is 10.2. The summed E-state index contributed by atoms with van der Waals surface area (Å²) in [4.78, 5) is 17.3. The molecule has 2 rings (SSSR count). The van der Waals surface area contributed by atoms with Crippen LogP contribution in [0, 0.1) is 6.92 Å². The van der Waals surface area contributed by atoms with Crippen molar-refractivity contribution in [3.8, 4) is 0 Å². The summed E-state index contributed by atoms with van der Waals surface area (Å²) in [6.45, 7) is 2.72. The van der Waals surface area contributed by atoms with E-state index in [1.54, 1.807) is 18.7 Å². The Morgan fingerprint density at radius 1 is 1.45 bits per heavy atom. The van der Waals surface area contributed by atoms with Gasteiger partial charge >= 0.3 is 6.18 Å². The summed E-state index contributed by atoms with van der Waals surface area (Å²) in [6.07, 6.45) is -5.13. The van der Waals surface area contributed by atoms with Gasteiger partial charge in [-0.2, -0.15) is 18.2 Å². The van der Waals surface area contributed by atoms with Gasteiger partial charge < -0.3 is 14.6 Å². The van der Waals surface area contributed by atoms with E-state index in [4.69, 9.17) is 9.26 Å². The fourth-order valence-corrected chi connectivity index (χ4v) is 2.21. The predicted molar refractivity (Wildman–Crippen MR) is 67.8 cm³/mol. The number of morpholine rings is 1. The smallest absolute Gasteiger partial charge is 0.363 e. The first-order valence-corrected chi connectivity index (χ1v) is 6.74. The Labute approximate surface area is 124 Å². The van der Waals surface area contributed by atoms with Crippen molar-refractivity contribution in [3.05, 3.63) is 11.7 Å². The Balaban J connectivity index is 1.89. The molecule has 1 saturated heterocycles. The number of aryl methyl sites for hydroxylation is 1. The molecule has 1 fully saturated rings. The summed E-state index contributed by atoms with van der Waals surface area (Å²) in [5.74, 6) is 0.0722. The molecule has 1 aromatic rings. The van der Waals surface area contributed by atoms with E-state index in [9.17, 15) is 18.0 Å². The summed E-state index contributed by atoms with van der Waals surface area (Å²) in [6, 6.07) is 0. The van der Waals surface area contributed by atoms with Crippen LogP contribution in [-0.4, -0.2) is 59.4 Å². The Bertz CT molecular complexity index is 520. The van der Waals surface area contributed by atoms with E-state index >= 15 is 0 Å². The van der Waals surface area contributed by atoms with Crippen molar-refractivity contribution in [2.45, 2.75) is 32.2 Å². The monoisotopic (exact) mass is 322 g/mol. The van der Waals surface area contributed by atoms with Crippen molar-refractivity contribution in [1.29, 1.82) is 0 Å². The van der Waals surface area contributed by atoms with Crippen LogP contribution in [0.5, 0.6) is 0 Å². The lowest BCUT2D eigenvalue weighted by atomic mass is 10.2. The lowest BCUT2D eigenvalue weighted by Gasteiger charge is -2.34. The number of ether oxygens (including phenoxy) is 1. The molecule has 2 heterocycles. The third kappa shape index (κ3) is 4.95. The van der Waals surface area contributed by atoms with E-state index in [1.165, 1.54) is 0 Å². The van der Waals surface area contributed by atoms with Gasteiger partial charge in [0.2, 0.25) is 5.91 Å². The van der Waals surface area contributed by atoms with Gasteiger partial charge in [-0.05, 0) is 13.8 Å². The van der Waals surface area contributed by atoms with Gasteiger partial charge in [0.25, 0.3) is 5.89 Å². The second-order valence-electron chi connectivity index (χ2n) is 5.20. The number of alkyl halides is 3. The minimum atomic E-state index is -4.42. The van der Waals surface area contributed by atoms with Crippen LogP contribution >= 0.6 is 0 Å². The molecule has 0 radical (unpaired) electrons. The first kappa shape index (κ1) is 16.7. The Morgan fingerprint density at radius 2 is 2.18 bits per heavy atom. The van der Waals surface area contributed by atoms with Crippen LogP contribution in [0.3, 0.4) is 0 Å². The molecule has 22 heavy (non-hydrogen) atoms. The Kier molecular flexibility index (Phi) is 5.01. The second-order valence-corrected chi connectivity index (χ2v) is 5.20. The standard InChI is InChI=1S/C12H17F3N4O3/c1-7-3-19(5-10(20)16-6-12(13,14)15)4-9(21-7)11-17-8(2)18-22-11/h7,9H,3-6H2,1-2H3,(H,16,20)/t7-,9-/m1/s1. The summed E-state index contributed by atoms with van der Waals surface area (Å²) in [5.41, 5.74) is 0. The summed E-state index contributed by atoms with van der Waals surface area (Å²) >= 11 is 0. The molecule has 7 nitrogen and oxygen atoms in total. The van der Waals surface area contributed by atoms with E-state index in [1.807, 2.05) is 5.32 Å². The largest absolute Gasteiger partial charge is 0.405 e. The fraction of sp³-hybridized carbons (Fsp3) is 0.750. The molecule has 1 aliphatic heterocycles. The molecular formula is C12H17F3N4O3. The van der Waals surface area contributed by atoms with Crippen LogP contribution in [0.1, 0.15) is 24.7 Å². The van der Waals surface area contributed by atoms with Gasteiger partial charge in [0.15, 0.2) is 5.82 Å². The number of nitrogens with one attached hydrogen (secondary N) is 1. The van der Waals surface area contributed by atoms with Crippen molar-refractivity contribution < 1.29 is 27.2 Å². The predicted octanol–water partition coefficient (Wildman–Crippen LogP) is 0.818. The zero-order chi connectivity index (χ0) is 16.3. The minimum absolute atomic E-state index is 0.145. The van der Waals surface area contributed by atoms with Crippen molar-refractivity contribution in [3.63, 3.8) is 0 Å². The highest BCUT2D eigenvalue weighted by molar-refractivity contribution is 5.78. The topological polar surface area (TPSA) is 80.5 Å². The molecular weight excluding hydrogens is 305 g/mol. The Hall–Kier alpha value is -1.68. The molecule has 1 aliphatic rings. The molecule has 0 spiro atoms. The molecule has 10 heteroatoms. The SMILES string of the molecule is Cc1noc([C@H]2CN(CC(=O)NCC(F)(F)F)C[C@@H](C)O2)n1. The maximum absolute atomic E-state index is 12.1. The van der Waals surface area contributed by atoms with Gasteiger partial charge in [-0.1, -0.05) is 5.16 Å². The number of halogens is 3. The quantitative estimate of drug-likeness (QED) is 0.884. The number of carbonyl (C=O) groups excluding carboxylic acids is 1. The normalized spacial score (nSPS) is 23.5. The van der Waals surface area contributed by atoms with Crippen LogP contribution < -0.4 is 5.32 Å². The molecule has 1 N–H and O–H groups in total. The molecule has 124 valence electrons. The summed E-state index contributed by atoms with van der Waals surface area (Å²) < 4.78 is 46.9. The van der Waals surface area contributed by atoms with Gasteiger partial charge in [-0.15, -0.1) is 0 Å². The number of hydrogen-bond acceptors (Lipinski definition) is 6. The first-order valence-electron chi connectivity index (χ1n) is 6.74. The van der Waals surface area contributed by atoms with Crippen molar-refractivity contribution in [2.24, 2.45) is 0 Å². The lowest BCUT2D eigenvalue weighted by molar-refractivity contribution is -0.141. The number of amides is 1. The minimum Gasteiger partial charge on any atom is -0.363 e. The molecule has 0 aromatic carbocycles. The van der Waals surface area contributed by atoms with E-state index in [-0.39, 0.29) is 12.6 Å². The number of aromatic nitrogens is 2. The second kappa shape index (κ2) is 6.61. The molecule has 1 aromatic heterocycles. The number of hydrogen-bond donors (Lipinski definition) is 1. The number of rotatable bonds is 4. The average molecular weight is 322 g/mol. The molecule has 2 atom stereocenters. The van der Waals surface area contributed by atoms with Crippen LogP contribution in [0.25, 0.3) is 0 Å². The van der Waals surface area contributed by atoms with Gasteiger partial charge in [0.1, 0.15) is 12.6 Å². The zero-order valence-corrected chi connectivity index (χ0v) is 12.2. The van der Waals surface area contributed by atoms with E-state index in [2.05, 4.69) is 10.1 Å². The highest BCUT2D eigenvalue weighted by atomic mass is 19.4. The molecule has 0 unspecified atom stereocenters. The van der Waals surface area contributed by atoms with Crippen molar-refractivity contribution in [1.82, 2.24) is 20.4 Å². The third-order valence-corrected chi connectivity index (χ3v) is 3.01. The van der Waals surface area contributed by atoms with Crippen LogP contribution in [0.4, 0.5) is 13.2 Å². The van der Waals surface area contributed by atoms with Crippen molar-refractivity contribution >= 4 is 5.91 Å². The van der Waals surface area contributed by atoms with Gasteiger partial charge in [-0.3, -0.25) is 9.69 Å². The molecule has 0 bridgehead atoms. The lowest BCUT2D eigenvalue weighted by Crippen LogP contribution is -2.48. The summed E-state index contributed by atoms with van der Waals surface area (Å²) in [7, 11) is 0.